The molecule has 0 saturated heterocycles. The van der Waals surface area contributed by atoms with E-state index in [1.54, 1.807) is 12.4 Å². The van der Waals surface area contributed by atoms with Crippen LogP contribution in [0.3, 0.4) is 0 Å². The number of amides is 1. The second-order valence-corrected chi connectivity index (χ2v) is 5.20. The Kier molecular flexibility index (Phi) is 4.73. The van der Waals surface area contributed by atoms with Crippen LogP contribution in [0.2, 0.25) is 0 Å². The lowest BCUT2D eigenvalue weighted by Gasteiger charge is -2.11. The fourth-order valence-corrected chi connectivity index (χ4v) is 2.33. The smallest absolute Gasteiger partial charge is 0.230 e. The van der Waals surface area contributed by atoms with Crippen molar-refractivity contribution in [2.45, 2.75) is 17.9 Å². The van der Waals surface area contributed by atoms with Crippen molar-refractivity contribution in [3.8, 4) is 0 Å². The number of benzene rings is 1. The van der Waals surface area contributed by atoms with Gasteiger partial charge in [0.1, 0.15) is 11.6 Å². The Morgan fingerprint density at radius 2 is 2.30 bits per heavy atom. The molecule has 0 aliphatic rings. The Labute approximate surface area is 119 Å². The number of carbonyl (C=O) groups is 1. The lowest BCUT2D eigenvalue weighted by atomic mass is 10.2. The minimum absolute atomic E-state index is 0.0603. The lowest BCUT2D eigenvalue weighted by molar-refractivity contribution is -0.119. The van der Waals surface area contributed by atoms with E-state index in [-0.39, 0.29) is 22.6 Å². The van der Waals surface area contributed by atoms with E-state index in [1.165, 1.54) is 6.07 Å². The lowest BCUT2D eigenvalue weighted by Crippen LogP contribution is -2.27. The molecule has 1 atom stereocenters. The van der Waals surface area contributed by atoms with Crippen LogP contribution in [0.4, 0.5) is 8.78 Å². The normalized spacial score (nSPS) is 12.2. The second-order valence-electron chi connectivity index (χ2n) is 4.18. The summed E-state index contributed by atoms with van der Waals surface area (Å²) in [5.41, 5.74) is 0.858. The Balaban J connectivity index is 1.86. The molecule has 0 aliphatic carbocycles. The van der Waals surface area contributed by atoms with E-state index in [9.17, 15) is 13.6 Å². The summed E-state index contributed by atoms with van der Waals surface area (Å²) < 4.78 is 26.1. The van der Waals surface area contributed by atoms with Crippen LogP contribution in [0.5, 0.6) is 0 Å². The van der Waals surface area contributed by atoms with Crippen LogP contribution in [0.15, 0.2) is 35.5 Å². The summed E-state index contributed by atoms with van der Waals surface area (Å²) in [6.07, 6.45) is 3.31. The summed E-state index contributed by atoms with van der Waals surface area (Å²) in [5.74, 6) is -1.46. The number of aromatic amines is 1. The molecule has 20 heavy (non-hydrogen) atoms. The number of carbonyl (C=O) groups excluding carboxylic acids is 1. The fourth-order valence-electron chi connectivity index (χ4n) is 1.60. The van der Waals surface area contributed by atoms with Gasteiger partial charge in [0.05, 0.1) is 18.0 Å². The van der Waals surface area contributed by atoms with Crippen molar-refractivity contribution in [2.24, 2.45) is 0 Å². The van der Waals surface area contributed by atoms with Crippen LogP contribution in [-0.4, -0.2) is 21.9 Å². The third-order valence-corrected chi connectivity index (χ3v) is 3.70. The molecule has 0 spiro atoms. The number of nitrogens with one attached hydrogen (secondary N) is 2. The highest BCUT2D eigenvalue weighted by Gasteiger charge is 2.12. The highest BCUT2D eigenvalue weighted by molar-refractivity contribution is 8.00. The molecule has 1 heterocycles. The van der Waals surface area contributed by atoms with Crippen LogP contribution in [-0.2, 0) is 4.79 Å². The molecule has 0 aliphatic heterocycles. The first-order chi connectivity index (χ1) is 9.56. The largest absolute Gasteiger partial charge is 0.349 e. The van der Waals surface area contributed by atoms with E-state index in [4.69, 9.17) is 0 Å². The number of nitrogens with zero attached hydrogens (tertiary/aromatic N) is 1. The molecule has 106 valence electrons. The molecule has 7 heteroatoms. The summed E-state index contributed by atoms with van der Waals surface area (Å²) in [5, 5.41) is 9.23. The van der Waals surface area contributed by atoms with Gasteiger partial charge in [0.15, 0.2) is 0 Å². The highest BCUT2D eigenvalue weighted by Crippen LogP contribution is 2.22. The molecule has 2 N–H and O–H groups in total. The monoisotopic (exact) mass is 297 g/mol. The number of aromatic nitrogens is 2. The minimum Gasteiger partial charge on any atom is -0.349 e. The van der Waals surface area contributed by atoms with E-state index in [1.807, 2.05) is 6.92 Å². The van der Waals surface area contributed by atoms with E-state index >= 15 is 0 Å². The molecule has 0 radical (unpaired) electrons. The van der Waals surface area contributed by atoms with Crippen LogP contribution in [0.25, 0.3) is 0 Å². The van der Waals surface area contributed by atoms with E-state index in [2.05, 4.69) is 15.5 Å². The Bertz CT molecular complexity index is 589. The SMILES string of the molecule is CC(NC(=O)CSc1ccc(F)cc1F)c1cn[nH]c1. The van der Waals surface area contributed by atoms with Gasteiger partial charge in [-0.15, -0.1) is 11.8 Å². The van der Waals surface area contributed by atoms with Crippen LogP contribution >= 0.6 is 11.8 Å². The minimum atomic E-state index is -0.661. The molecule has 0 saturated carbocycles. The van der Waals surface area contributed by atoms with Crippen LogP contribution < -0.4 is 5.32 Å². The maximum Gasteiger partial charge on any atom is 0.230 e. The Morgan fingerprint density at radius 3 is 2.95 bits per heavy atom. The van der Waals surface area contributed by atoms with Gasteiger partial charge in [-0.25, -0.2) is 8.78 Å². The van der Waals surface area contributed by atoms with Gasteiger partial charge in [-0.1, -0.05) is 0 Å². The predicted octanol–water partition coefficient (Wildman–Crippen LogP) is 2.66. The van der Waals surface area contributed by atoms with Gasteiger partial charge in [-0.2, -0.15) is 5.10 Å². The van der Waals surface area contributed by atoms with Gasteiger partial charge in [-0.05, 0) is 19.1 Å². The van der Waals surface area contributed by atoms with Gasteiger partial charge < -0.3 is 5.32 Å². The number of hydrogen-bond acceptors (Lipinski definition) is 3. The summed E-state index contributed by atoms with van der Waals surface area (Å²) in [6.45, 7) is 1.83. The van der Waals surface area contributed by atoms with Crippen molar-refractivity contribution in [1.82, 2.24) is 15.5 Å². The maximum atomic E-state index is 13.4. The topological polar surface area (TPSA) is 57.8 Å². The van der Waals surface area contributed by atoms with Gasteiger partial charge in [0.25, 0.3) is 0 Å². The zero-order valence-corrected chi connectivity index (χ0v) is 11.5. The average Bonchev–Trinajstić information content (AvgIpc) is 2.91. The fraction of sp³-hybridized carbons (Fsp3) is 0.231. The molecule has 2 rings (SSSR count). The number of hydrogen-bond donors (Lipinski definition) is 2. The second kappa shape index (κ2) is 6.51. The van der Waals surface area contributed by atoms with Crippen molar-refractivity contribution < 1.29 is 13.6 Å². The third kappa shape index (κ3) is 3.80. The zero-order chi connectivity index (χ0) is 14.5. The van der Waals surface area contributed by atoms with Gasteiger partial charge >= 0.3 is 0 Å². The number of thioether (sulfide) groups is 1. The molecule has 1 unspecified atom stereocenters. The number of halogens is 2. The van der Waals surface area contributed by atoms with E-state index in [0.29, 0.717) is 0 Å². The van der Waals surface area contributed by atoms with Crippen molar-refractivity contribution >= 4 is 17.7 Å². The Hall–Kier alpha value is -1.89. The summed E-state index contributed by atoms with van der Waals surface area (Å²) >= 11 is 1.03. The standard InChI is InChI=1S/C13H13F2N3OS/c1-8(9-5-16-17-6-9)18-13(19)7-20-12-3-2-10(14)4-11(12)15/h2-6,8H,7H2,1H3,(H,16,17)(H,18,19). The third-order valence-electron chi connectivity index (χ3n) is 2.65. The molecule has 0 bridgehead atoms. The quantitative estimate of drug-likeness (QED) is 0.834. The van der Waals surface area contributed by atoms with Crippen LogP contribution in [0.1, 0.15) is 18.5 Å². The van der Waals surface area contributed by atoms with E-state index < -0.39 is 11.6 Å². The molecule has 1 amide bonds. The zero-order valence-electron chi connectivity index (χ0n) is 10.7. The first kappa shape index (κ1) is 14.5. The first-order valence-corrected chi connectivity index (χ1v) is 6.90. The molecule has 2 aromatic rings. The Morgan fingerprint density at radius 1 is 1.50 bits per heavy atom. The highest BCUT2D eigenvalue weighted by atomic mass is 32.2. The molecule has 1 aromatic carbocycles. The van der Waals surface area contributed by atoms with Gasteiger partial charge in [-0.3, -0.25) is 9.89 Å². The van der Waals surface area contributed by atoms with Crippen molar-refractivity contribution in [3.63, 3.8) is 0 Å². The maximum absolute atomic E-state index is 13.4. The van der Waals surface area contributed by atoms with Gasteiger partial charge in [0.2, 0.25) is 5.91 Å². The molecule has 4 nitrogen and oxygen atoms in total. The number of rotatable bonds is 5. The van der Waals surface area contributed by atoms with Gasteiger partial charge in [0, 0.05) is 22.7 Å². The van der Waals surface area contributed by atoms with Crippen molar-refractivity contribution in [1.29, 1.82) is 0 Å². The predicted molar refractivity (Wildman–Crippen MR) is 72.2 cm³/mol. The number of H-pyrrole nitrogens is 1. The van der Waals surface area contributed by atoms with Crippen molar-refractivity contribution in [3.05, 3.63) is 47.8 Å². The van der Waals surface area contributed by atoms with E-state index in [0.717, 1.165) is 29.5 Å². The summed E-state index contributed by atoms with van der Waals surface area (Å²) in [4.78, 5) is 12.0. The first-order valence-electron chi connectivity index (χ1n) is 5.92. The van der Waals surface area contributed by atoms with Crippen molar-refractivity contribution in [2.75, 3.05) is 5.75 Å². The average molecular weight is 297 g/mol. The summed E-state index contributed by atoms with van der Waals surface area (Å²) in [6, 6.07) is 3.10. The molecular weight excluding hydrogens is 284 g/mol. The molecular formula is C13H13F2N3OS. The molecule has 1 aromatic heterocycles. The molecule has 0 fully saturated rings. The summed E-state index contributed by atoms with van der Waals surface area (Å²) in [7, 11) is 0. The van der Waals surface area contributed by atoms with Crippen LogP contribution in [0, 0.1) is 11.6 Å².